The van der Waals surface area contributed by atoms with Gasteiger partial charge in [-0.15, -0.1) is 0 Å². The van der Waals surface area contributed by atoms with E-state index in [4.69, 9.17) is 9.47 Å². The van der Waals surface area contributed by atoms with Gasteiger partial charge in [-0.1, -0.05) is 22.0 Å². The summed E-state index contributed by atoms with van der Waals surface area (Å²) in [6.45, 7) is 4.39. The molecule has 0 saturated heterocycles. The fourth-order valence-electron chi connectivity index (χ4n) is 1.78. The van der Waals surface area contributed by atoms with E-state index in [1.54, 1.807) is 7.11 Å². The van der Waals surface area contributed by atoms with E-state index < -0.39 is 0 Å². The first-order valence-corrected chi connectivity index (χ1v) is 6.78. The standard InChI is InChI=1S/C15H16BrNO2/c1-10-4-5-12(16)7-15(10)19-9-13-8-14(18-3)6-11(2)17-13/h4-8H,9H2,1-3H3. The first-order valence-electron chi connectivity index (χ1n) is 5.99. The lowest BCUT2D eigenvalue weighted by Gasteiger charge is -2.10. The number of aryl methyl sites for hydroxylation is 2. The number of benzene rings is 1. The van der Waals surface area contributed by atoms with Crippen LogP contribution in [0.25, 0.3) is 0 Å². The molecule has 0 amide bonds. The van der Waals surface area contributed by atoms with Crippen LogP contribution in [0.3, 0.4) is 0 Å². The average molecular weight is 322 g/mol. The van der Waals surface area contributed by atoms with Crippen LogP contribution in [0.2, 0.25) is 0 Å². The van der Waals surface area contributed by atoms with Crippen LogP contribution in [0.15, 0.2) is 34.8 Å². The molecule has 1 aromatic carbocycles. The smallest absolute Gasteiger partial charge is 0.130 e. The predicted molar refractivity (Wildman–Crippen MR) is 78.7 cm³/mol. The zero-order valence-corrected chi connectivity index (χ0v) is 12.8. The van der Waals surface area contributed by atoms with Crippen molar-refractivity contribution in [3.63, 3.8) is 0 Å². The van der Waals surface area contributed by atoms with Gasteiger partial charge in [0.2, 0.25) is 0 Å². The third kappa shape index (κ3) is 3.70. The Morgan fingerprint density at radius 1 is 1.16 bits per heavy atom. The molecule has 0 aliphatic heterocycles. The Balaban J connectivity index is 2.14. The quantitative estimate of drug-likeness (QED) is 0.851. The molecule has 0 atom stereocenters. The van der Waals surface area contributed by atoms with Crippen molar-refractivity contribution < 1.29 is 9.47 Å². The van der Waals surface area contributed by atoms with Crippen molar-refractivity contribution in [2.75, 3.05) is 7.11 Å². The van der Waals surface area contributed by atoms with E-state index in [1.165, 1.54) is 0 Å². The Bertz CT molecular complexity index is 584. The van der Waals surface area contributed by atoms with E-state index in [1.807, 2.05) is 44.2 Å². The number of ether oxygens (including phenoxy) is 2. The number of halogens is 1. The highest BCUT2D eigenvalue weighted by Crippen LogP contribution is 2.24. The third-order valence-corrected chi connectivity index (χ3v) is 3.23. The van der Waals surface area contributed by atoms with Crippen LogP contribution in [-0.2, 0) is 6.61 Å². The normalized spacial score (nSPS) is 10.3. The zero-order valence-electron chi connectivity index (χ0n) is 11.2. The van der Waals surface area contributed by atoms with Crippen LogP contribution >= 0.6 is 15.9 Å². The van der Waals surface area contributed by atoms with E-state index in [9.17, 15) is 0 Å². The van der Waals surface area contributed by atoms with Crippen molar-refractivity contribution >= 4 is 15.9 Å². The van der Waals surface area contributed by atoms with E-state index in [2.05, 4.69) is 20.9 Å². The lowest BCUT2D eigenvalue weighted by atomic mass is 10.2. The Hall–Kier alpha value is -1.55. The van der Waals surface area contributed by atoms with Crippen molar-refractivity contribution in [2.45, 2.75) is 20.5 Å². The summed E-state index contributed by atoms with van der Waals surface area (Å²) in [6, 6.07) is 9.76. The van der Waals surface area contributed by atoms with Crippen molar-refractivity contribution in [1.29, 1.82) is 0 Å². The number of aromatic nitrogens is 1. The summed E-state index contributed by atoms with van der Waals surface area (Å²) in [5.74, 6) is 1.66. The summed E-state index contributed by atoms with van der Waals surface area (Å²) in [4.78, 5) is 4.43. The second-order valence-electron chi connectivity index (χ2n) is 4.34. The second kappa shape index (κ2) is 6.06. The Kier molecular flexibility index (Phi) is 4.43. The van der Waals surface area contributed by atoms with Gasteiger partial charge in [-0.2, -0.15) is 0 Å². The molecule has 1 heterocycles. The van der Waals surface area contributed by atoms with Gasteiger partial charge < -0.3 is 9.47 Å². The second-order valence-corrected chi connectivity index (χ2v) is 5.25. The topological polar surface area (TPSA) is 31.4 Å². The molecule has 0 aliphatic rings. The van der Waals surface area contributed by atoms with E-state index >= 15 is 0 Å². The summed E-state index contributed by atoms with van der Waals surface area (Å²) in [5, 5.41) is 0. The Morgan fingerprint density at radius 3 is 2.68 bits per heavy atom. The monoisotopic (exact) mass is 321 g/mol. The summed E-state index contributed by atoms with van der Waals surface area (Å²) < 4.78 is 12.0. The lowest BCUT2D eigenvalue weighted by molar-refractivity contribution is 0.297. The molecule has 0 fully saturated rings. The zero-order chi connectivity index (χ0) is 13.8. The molecule has 0 N–H and O–H groups in total. The molecule has 100 valence electrons. The Labute approximate surface area is 121 Å². The van der Waals surface area contributed by atoms with Crippen molar-refractivity contribution in [3.8, 4) is 11.5 Å². The highest BCUT2D eigenvalue weighted by Gasteiger charge is 2.04. The molecule has 4 heteroatoms. The SMILES string of the molecule is COc1cc(C)nc(COc2cc(Br)ccc2C)c1. The Morgan fingerprint density at radius 2 is 1.95 bits per heavy atom. The summed E-state index contributed by atoms with van der Waals surface area (Å²) >= 11 is 3.44. The maximum absolute atomic E-state index is 5.81. The van der Waals surface area contributed by atoms with Crippen molar-refractivity contribution in [3.05, 3.63) is 51.8 Å². The fraction of sp³-hybridized carbons (Fsp3) is 0.267. The van der Waals surface area contributed by atoms with E-state index in [-0.39, 0.29) is 0 Å². The molecule has 0 bridgehead atoms. The third-order valence-electron chi connectivity index (χ3n) is 2.74. The van der Waals surface area contributed by atoms with Gasteiger partial charge in [0.05, 0.1) is 12.8 Å². The van der Waals surface area contributed by atoms with E-state index in [0.717, 1.165) is 32.9 Å². The first kappa shape index (κ1) is 13.9. The molecule has 0 aliphatic carbocycles. The van der Waals surface area contributed by atoms with Gasteiger partial charge in [-0.3, -0.25) is 4.98 Å². The molecule has 0 saturated carbocycles. The van der Waals surface area contributed by atoms with Gasteiger partial charge >= 0.3 is 0 Å². The molecule has 0 unspecified atom stereocenters. The minimum Gasteiger partial charge on any atom is -0.497 e. The van der Waals surface area contributed by atoms with Crippen LogP contribution in [-0.4, -0.2) is 12.1 Å². The molecular formula is C15H16BrNO2. The first-order chi connectivity index (χ1) is 9.08. The van der Waals surface area contributed by atoms with Crippen molar-refractivity contribution in [2.24, 2.45) is 0 Å². The maximum Gasteiger partial charge on any atom is 0.130 e. The number of pyridine rings is 1. The van der Waals surface area contributed by atoms with Crippen LogP contribution < -0.4 is 9.47 Å². The minimum atomic E-state index is 0.426. The molecule has 2 rings (SSSR count). The maximum atomic E-state index is 5.81. The molecule has 0 spiro atoms. The van der Waals surface area contributed by atoms with Gasteiger partial charge in [-0.25, -0.2) is 0 Å². The largest absolute Gasteiger partial charge is 0.497 e. The number of methoxy groups -OCH3 is 1. The summed E-state index contributed by atoms with van der Waals surface area (Å²) in [5.41, 5.74) is 2.88. The molecule has 1 aromatic heterocycles. The molecule has 3 nitrogen and oxygen atoms in total. The summed E-state index contributed by atoms with van der Waals surface area (Å²) in [6.07, 6.45) is 0. The van der Waals surface area contributed by atoms with Gasteiger partial charge in [-0.05, 0) is 31.5 Å². The van der Waals surface area contributed by atoms with Crippen LogP contribution in [0.5, 0.6) is 11.5 Å². The van der Waals surface area contributed by atoms with Gasteiger partial charge in [0.25, 0.3) is 0 Å². The number of hydrogen-bond acceptors (Lipinski definition) is 3. The van der Waals surface area contributed by atoms with Gasteiger partial charge in [0.15, 0.2) is 0 Å². The minimum absolute atomic E-state index is 0.426. The highest BCUT2D eigenvalue weighted by molar-refractivity contribution is 9.10. The lowest BCUT2D eigenvalue weighted by Crippen LogP contribution is -2.01. The van der Waals surface area contributed by atoms with Crippen LogP contribution in [0.4, 0.5) is 0 Å². The van der Waals surface area contributed by atoms with Gasteiger partial charge in [0, 0.05) is 22.3 Å². The highest BCUT2D eigenvalue weighted by atomic mass is 79.9. The van der Waals surface area contributed by atoms with E-state index in [0.29, 0.717) is 6.61 Å². The van der Waals surface area contributed by atoms with Crippen LogP contribution in [0, 0.1) is 13.8 Å². The summed E-state index contributed by atoms with van der Waals surface area (Å²) in [7, 11) is 1.65. The molecule has 0 radical (unpaired) electrons. The molecular weight excluding hydrogens is 306 g/mol. The fourth-order valence-corrected chi connectivity index (χ4v) is 2.12. The van der Waals surface area contributed by atoms with Crippen LogP contribution in [0.1, 0.15) is 17.0 Å². The average Bonchev–Trinajstić information content (AvgIpc) is 2.39. The van der Waals surface area contributed by atoms with Crippen molar-refractivity contribution in [1.82, 2.24) is 4.98 Å². The molecule has 2 aromatic rings. The number of nitrogens with zero attached hydrogens (tertiary/aromatic N) is 1. The van der Waals surface area contributed by atoms with Gasteiger partial charge in [0.1, 0.15) is 18.1 Å². The number of rotatable bonds is 4. The molecule has 19 heavy (non-hydrogen) atoms. The number of hydrogen-bond donors (Lipinski definition) is 0. The predicted octanol–water partition coefficient (Wildman–Crippen LogP) is 4.05.